The van der Waals surface area contributed by atoms with Crippen molar-refractivity contribution in [1.82, 2.24) is 0 Å². The average Bonchev–Trinajstić information content (AvgIpc) is 2.50. The van der Waals surface area contributed by atoms with Crippen LogP contribution in [-0.4, -0.2) is 18.6 Å². The van der Waals surface area contributed by atoms with Crippen LogP contribution in [-0.2, 0) is 9.53 Å². The van der Waals surface area contributed by atoms with Gasteiger partial charge in [-0.15, -0.1) is 0 Å². The van der Waals surface area contributed by atoms with Gasteiger partial charge in [0.15, 0.2) is 0 Å². The monoisotopic (exact) mass is 303 g/mol. The minimum absolute atomic E-state index is 0.0379. The molecular formula is C19H29NO2. The van der Waals surface area contributed by atoms with Gasteiger partial charge in [-0.2, -0.15) is 0 Å². The zero-order valence-corrected chi connectivity index (χ0v) is 14.1. The first-order valence-electron chi connectivity index (χ1n) is 8.61. The molecule has 0 aliphatic heterocycles. The number of hydrogen-bond acceptors (Lipinski definition) is 3. The van der Waals surface area contributed by atoms with Crippen LogP contribution in [0.5, 0.6) is 0 Å². The fourth-order valence-corrected chi connectivity index (χ4v) is 3.32. The highest BCUT2D eigenvalue weighted by Gasteiger charge is 2.24. The molecule has 1 fully saturated rings. The molecule has 1 aliphatic carbocycles. The third-order valence-electron chi connectivity index (χ3n) is 4.55. The first-order chi connectivity index (χ1) is 10.6. The summed E-state index contributed by atoms with van der Waals surface area (Å²) >= 11 is 0. The second-order valence-electron chi connectivity index (χ2n) is 6.61. The largest absolute Gasteiger partial charge is 0.466 e. The number of carbonyl (C=O) groups excluding carboxylic acids is 1. The summed E-state index contributed by atoms with van der Waals surface area (Å²) in [6.07, 6.45) is 5.08. The van der Waals surface area contributed by atoms with E-state index < -0.39 is 0 Å². The Balaban J connectivity index is 1.84. The highest BCUT2D eigenvalue weighted by atomic mass is 16.5. The molecule has 0 aromatic heterocycles. The van der Waals surface area contributed by atoms with Crippen LogP contribution < -0.4 is 5.32 Å². The Morgan fingerprint density at radius 2 is 1.91 bits per heavy atom. The lowest BCUT2D eigenvalue weighted by molar-refractivity contribution is -0.144. The van der Waals surface area contributed by atoms with Gasteiger partial charge < -0.3 is 10.1 Å². The maximum Gasteiger partial charge on any atom is 0.306 e. The fourth-order valence-electron chi connectivity index (χ4n) is 3.32. The zero-order valence-electron chi connectivity index (χ0n) is 14.1. The molecule has 1 aromatic carbocycles. The van der Waals surface area contributed by atoms with Gasteiger partial charge in [0.25, 0.3) is 0 Å². The van der Waals surface area contributed by atoms with Crippen molar-refractivity contribution in [2.24, 2.45) is 5.92 Å². The number of carbonyl (C=O) groups is 1. The van der Waals surface area contributed by atoms with Crippen molar-refractivity contribution in [3.05, 3.63) is 29.8 Å². The topological polar surface area (TPSA) is 38.3 Å². The number of hydrogen-bond donors (Lipinski definition) is 1. The maximum atomic E-state index is 11.6. The van der Waals surface area contributed by atoms with Crippen molar-refractivity contribution < 1.29 is 9.53 Å². The second-order valence-corrected chi connectivity index (χ2v) is 6.61. The van der Waals surface area contributed by atoms with E-state index in [1.165, 1.54) is 11.3 Å². The molecule has 1 saturated carbocycles. The summed E-state index contributed by atoms with van der Waals surface area (Å²) in [5.41, 5.74) is 2.66. The summed E-state index contributed by atoms with van der Waals surface area (Å²) in [7, 11) is 0. The van der Waals surface area contributed by atoms with E-state index in [0.29, 0.717) is 30.9 Å². The van der Waals surface area contributed by atoms with Crippen molar-refractivity contribution in [1.29, 1.82) is 0 Å². The fraction of sp³-hybridized carbons (Fsp3) is 0.632. The van der Waals surface area contributed by atoms with Gasteiger partial charge in [0.1, 0.15) is 0 Å². The van der Waals surface area contributed by atoms with Crippen LogP contribution in [0.1, 0.15) is 64.4 Å². The van der Waals surface area contributed by atoms with Crippen molar-refractivity contribution in [2.75, 3.05) is 11.9 Å². The first kappa shape index (κ1) is 16.9. The van der Waals surface area contributed by atoms with Crippen LogP contribution in [0.2, 0.25) is 0 Å². The molecule has 0 saturated heterocycles. The third-order valence-corrected chi connectivity index (χ3v) is 4.55. The summed E-state index contributed by atoms with van der Waals surface area (Å²) in [5.74, 6) is 0.991. The third kappa shape index (κ3) is 4.75. The lowest BCUT2D eigenvalue weighted by Gasteiger charge is -2.30. The summed E-state index contributed by atoms with van der Waals surface area (Å²) in [5, 5.41) is 3.71. The van der Waals surface area contributed by atoms with Gasteiger partial charge in [0.2, 0.25) is 0 Å². The Hall–Kier alpha value is -1.51. The zero-order chi connectivity index (χ0) is 15.9. The van der Waals surface area contributed by atoms with Gasteiger partial charge in [-0.1, -0.05) is 32.0 Å². The average molecular weight is 303 g/mol. The maximum absolute atomic E-state index is 11.6. The highest BCUT2D eigenvalue weighted by molar-refractivity contribution is 5.69. The summed E-state index contributed by atoms with van der Waals surface area (Å²) in [6.45, 7) is 6.82. The molecule has 1 aliphatic rings. The molecule has 0 amide bonds. The Morgan fingerprint density at radius 1 is 1.23 bits per heavy atom. The van der Waals surface area contributed by atoms with Gasteiger partial charge in [-0.05, 0) is 56.1 Å². The van der Waals surface area contributed by atoms with Crippen molar-refractivity contribution in [3.8, 4) is 0 Å². The van der Waals surface area contributed by atoms with Crippen molar-refractivity contribution in [2.45, 2.75) is 64.8 Å². The molecule has 0 spiro atoms. The number of ether oxygens (including phenoxy) is 1. The molecule has 122 valence electrons. The number of nitrogens with one attached hydrogen (secondary N) is 1. The smallest absolute Gasteiger partial charge is 0.306 e. The first-order valence-corrected chi connectivity index (χ1v) is 8.61. The summed E-state index contributed by atoms with van der Waals surface area (Å²) in [4.78, 5) is 11.6. The van der Waals surface area contributed by atoms with E-state index in [1.54, 1.807) is 0 Å². The molecule has 22 heavy (non-hydrogen) atoms. The standard InChI is InChI=1S/C19H29NO2/c1-4-22-19(21)13-15-9-11-16(12-10-15)20-18-8-6-5-7-17(18)14(2)3/h5-8,14-16,20H,4,9-13H2,1-3H3/t15-,16-. The van der Waals surface area contributed by atoms with Gasteiger partial charge in [0.05, 0.1) is 6.61 Å². The summed E-state index contributed by atoms with van der Waals surface area (Å²) < 4.78 is 5.05. The number of esters is 1. The van der Waals surface area contributed by atoms with Gasteiger partial charge in [0, 0.05) is 18.2 Å². The van der Waals surface area contributed by atoms with E-state index >= 15 is 0 Å². The van der Waals surface area contributed by atoms with Crippen molar-refractivity contribution >= 4 is 11.7 Å². The number of rotatable bonds is 6. The van der Waals surface area contributed by atoms with Crippen LogP contribution >= 0.6 is 0 Å². The van der Waals surface area contributed by atoms with E-state index in [4.69, 9.17) is 4.74 Å². The Kier molecular flexibility index (Phi) is 6.29. The SMILES string of the molecule is CCOC(=O)C[C@H]1CC[C@H](Nc2ccccc2C(C)C)CC1. The molecule has 0 heterocycles. The van der Waals surface area contributed by atoms with Crippen LogP contribution in [0.4, 0.5) is 5.69 Å². The molecular weight excluding hydrogens is 274 g/mol. The Morgan fingerprint density at radius 3 is 2.55 bits per heavy atom. The molecule has 1 N–H and O–H groups in total. The van der Waals surface area contributed by atoms with E-state index in [1.807, 2.05) is 6.92 Å². The van der Waals surface area contributed by atoms with Crippen LogP contribution in [0.25, 0.3) is 0 Å². The van der Waals surface area contributed by atoms with Gasteiger partial charge >= 0.3 is 5.97 Å². The van der Waals surface area contributed by atoms with Crippen LogP contribution in [0.3, 0.4) is 0 Å². The number of benzene rings is 1. The number of para-hydroxylation sites is 1. The molecule has 2 rings (SSSR count). The van der Waals surface area contributed by atoms with E-state index in [-0.39, 0.29) is 5.97 Å². The highest BCUT2D eigenvalue weighted by Crippen LogP contribution is 2.31. The van der Waals surface area contributed by atoms with Crippen LogP contribution in [0.15, 0.2) is 24.3 Å². The molecule has 3 heteroatoms. The minimum Gasteiger partial charge on any atom is -0.466 e. The Bertz CT molecular complexity index is 476. The Labute approximate surface area is 134 Å². The second kappa shape index (κ2) is 8.21. The normalized spacial score (nSPS) is 21.6. The van der Waals surface area contributed by atoms with Crippen LogP contribution in [0, 0.1) is 5.92 Å². The molecule has 0 bridgehead atoms. The molecule has 0 radical (unpaired) electrons. The lowest BCUT2D eigenvalue weighted by Crippen LogP contribution is -2.27. The lowest BCUT2D eigenvalue weighted by atomic mass is 9.84. The predicted molar refractivity (Wildman–Crippen MR) is 91.1 cm³/mol. The minimum atomic E-state index is -0.0379. The van der Waals surface area contributed by atoms with E-state index in [0.717, 1.165) is 25.7 Å². The number of anilines is 1. The molecule has 0 unspecified atom stereocenters. The van der Waals surface area contributed by atoms with Crippen molar-refractivity contribution in [3.63, 3.8) is 0 Å². The quantitative estimate of drug-likeness (QED) is 0.772. The van der Waals surface area contributed by atoms with E-state index in [2.05, 4.69) is 43.4 Å². The summed E-state index contributed by atoms with van der Waals surface area (Å²) in [6, 6.07) is 9.12. The van der Waals surface area contributed by atoms with Gasteiger partial charge in [-0.25, -0.2) is 0 Å². The molecule has 0 atom stereocenters. The van der Waals surface area contributed by atoms with E-state index in [9.17, 15) is 4.79 Å². The van der Waals surface area contributed by atoms with Gasteiger partial charge in [-0.3, -0.25) is 4.79 Å². The molecule has 3 nitrogen and oxygen atoms in total. The predicted octanol–water partition coefficient (Wildman–Crippen LogP) is 4.73. The molecule has 1 aromatic rings.